The maximum atomic E-state index is 12.1. The number of piperazine rings is 1. The highest BCUT2D eigenvalue weighted by atomic mass is 16.2. The first-order valence-electron chi connectivity index (χ1n) is 6.74. The molecule has 2 unspecified atom stereocenters. The van der Waals surface area contributed by atoms with Gasteiger partial charge in [0.05, 0.1) is 0 Å². The van der Waals surface area contributed by atoms with Crippen molar-refractivity contribution in [2.24, 2.45) is 5.92 Å². The lowest BCUT2D eigenvalue weighted by molar-refractivity contribution is -0.150. The van der Waals surface area contributed by atoms with Crippen LogP contribution in [0.25, 0.3) is 0 Å². The Labute approximate surface area is 103 Å². The molecular formula is C13H22N2O2. The highest BCUT2D eigenvalue weighted by Gasteiger charge is 2.39. The molecule has 96 valence electrons. The van der Waals surface area contributed by atoms with Crippen LogP contribution >= 0.6 is 0 Å². The Morgan fingerprint density at radius 3 is 2.59 bits per heavy atom. The van der Waals surface area contributed by atoms with E-state index in [1.807, 2.05) is 4.90 Å². The van der Waals surface area contributed by atoms with Crippen molar-refractivity contribution >= 4 is 11.8 Å². The molecule has 1 saturated carbocycles. The molecule has 1 heterocycles. The predicted molar refractivity (Wildman–Crippen MR) is 65.4 cm³/mol. The Morgan fingerprint density at radius 2 is 2.06 bits per heavy atom. The van der Waals surface area contributed by atoms with Crippen molar-refractivity contribution in [3.63, 3.8) is 0 Å². The minimum atomic E-state index is -0.351. The molecule has 0 radical (unpaired) electrons. The van der Waals surface area contributed by atoms with E-state index in [-0.39, 0.29) is 23.9 Å². The van der Waals surface area contributed by atoms with Crippen LogP contribution < -0.4 is 5.32 Å². The summed E-state index contributed by atoms with van der Waals surface area (Å²) < 4.78 is 0. The molecule has 0 aromatic rings. The molecule has 4 nitrogen and oxygen atoms in total. The van der Waals surface area contributed by atoms with Gasteiger partial charge < -0.3 is 10.2 Å². The van der Waals surface area contributed by atoms with Gasteiger partial charge in [0.25, 0.3) is 0 Å². The maximum absolute atomic E-state index is 12.1. The molecule has 0 bridgehead atoms. The van der Waals surface area contributed by atoms with Gasteiger partial charge in [0.1, 0.15) is 12.1 Å². The van der Waals surface area contributed by atoms with Gasteiger partial charge in [-0.1, -0.05) is 19.8 Å². The van der Waals surface area contributed by atoms with Crippen molar-refractivity contribution in [3.05, 3.63) is 0 Å². The Hall–Kier alpha value is -1.06. The van der Waals surface area contributed by atoms with Crippen molar-refractivity contribution in [3.8, 4) is 0 Å². The molecular weight excluding hydrogens is 216 g/mol. The molecule has 1 aliphatic carbocycles. The maximum Gasteiger partial charge on any atom is 0.245 e. The van der Waals surface area contributed by atoms with Gasteiger partial charge in [-0.05, 0) is 32.1 Å². The Kier molecular flexibility index (Phi) is 3.69. The van der Waals surface area contributed by atoms with E-state index in [2.05, 4.69) is 12.2 Å². The molecule has 17 heavy (non-hydrogen) atoms. The Balaban J connectivity index is 2.07. The molecule has 2 amide bonds. The second kappa shape index (κ2) is 5.07. The van der Waals surface area contributed by atoms with Gasteiger partial charge in [0.15, 0.2) is 0 Å². The number of rotatable bonds is 4. The summed E-state index contributed by atoms with van der Waals surface area (Å²) in [4.78, 5) is 25.9. The average Bonchev–Trinajstić information content (AvgIpc) is 2.23. The van der Waals surface area contributed by atoms with E-state index in [4.69, 9.17) is 0 Å². The topological polar surface area (TPSA) is 49.4 Å². The van der Waals surface area contributed by atoms with Crippen molar-refractivity contribution < 1.29 is 9.59 Å². The van der Waals surface area contributed by atoms with E-state index in [0.717, 1.165) is 19.4 Å². The summed E-state index contributed by atoms with van der Waals surface area (Å²) in [5.74, 6) is 0.740. The van der Waals surface area contributed by atoms with Crippen molar-refractivity contribution in [2.75, 3.05) is 6.54 Å². The number of amides is 2. The summed E-state index contributed by atoms with van der Waals surface area (Å²) in [5, 5.41) is 2.77. The number of nitrogens with zero attached hydrogens (tertiary/aromatic N) is 1. The number of nitrogens with one attached hydrogen (secondary N) is 1. The fraction of sp³-hybridized carbons (Fsp3) is 0.846. The monoisotopic (exact) mass is 238 g/mol. The summed E-state index contributed by atoms with van der Waals surface area (Å²) in [7, 11) is 0. The van der Waals surface area contributed by atoms with Gasteiger partial charge >= 0.3 is 0 Å². The smallest absolute Gasteiger partial charge is 0.245 e. The van der Waals surface area contributed by atoms with Gasteiger partial charge in [0, 0.05) is 6.54 Å². The number of hydrogen-bond acceptors (Lipinski definition) is 2. The van der Waals surface area contributed by atoms with E-state index >= 15 is 0 Å². The van der Waals surface area contributed by atoms with Crippen molar-refractivity contribution in [1.29, 1.82) is 0 Å². The minimum Gasteiger partial charge on any atom is -0.343 e. The standard InChI is InChI=1S/C13H22N2O2/c1-3-5-11-12(16)14-9(2)13(17)15(11)8-10-6-4-7-10/h9-11H,3-8H2,1-2H3,(H,14,16). The summed E-state index contributed by atoms with van der Waals surface area (Å²) in [5.41, 5.74) is 0. The zero-order chi connectivity index (χ0) is 12.4. The summed E-state index contributed by atoms with van der Waals surface area (Å²) in [6.07, 6.45) is 5.39. The molecule has 0 aromatic carbocycles. The first-order valence-corrected chi connectivity index (χ1v) is 6.74. The fourth-order valence-corrected chi connectivity index (χ4v) is 2.65. The van der Waals surface area contributed by atoms with Crippen molar-refractivity contribution in [2.45, 2.75) is 58.0 Å². The van der Waals surface area contributed by atoms with E-state index in [1.165, 1.54) is 19.3 Å². The molecule has 1 N–H and O–H groups in total. The first kappa shape index (κ1) is 12.4. The van der Waals surface area contributed by atoms with Crippen LogP contribution in [0.15, 0.2) is 0 Å². The molecule has 2 fully saturated rings. The molecule has 1 aliphatic heterocycles. The number of hydrogen-bond donors (Lipinski definition) is 1. The zero-order valence-corrected chi connectivity index (χ0v) is 10.7. The highest BCUT2D eigenvalue weighted by molar-refractivity contribution is 5.96. The van der Waals surface area contributed by atoms with Crippen LogP contribution in [0.2, 0.25) is 0 Å². The van der Waals surface area contributed by atoms with E-state index < -0.39 is 0 Å². The molecule has 2 atom stereocenters. The number of carbonyl (C=O) groups is 2. The molecule has 0 spiro atoms. The molecule has 1 saturated heterocycles. The lowest BCUT2D eigenvalue weighted by Crippen LogP contribution is -2.63. The zero-order valence-electron chi connectivity index (χ0n) is 10.7. The highest BCUT2D eigenvalue weighted by Crippen LogP contribution is 2.29. The fourth-order valence-electron chi connectivity index (χ4n) is 2.65. The number of carbonyl (C=O) groups excluding carboxylic acids is 2. The third-order valence-electron chi connectivity index (χ3n) is 3.93. The molecule has 4 heteroatoms. The SMILES string of the molecule is CCCC1C(=O)NC(C)C(=O)N1CC1CCC1. The predicted octanol–water partition coefficient (Wildman–Crippen LogP) is 1.30. The van der Waals surface area contributed by atoms with Crippen LogP contribution in [-0.4, -0.2) is 35.3 Å². The lowest BCUT2D eigenvalue weighted by Gasteiger charge is -2.41. The second-order valence-electron chi connectivity index (χ2n) is 5.32. The first-order chi connectivity index (χ1) is 8.13. The van der Waals surface area contributed by atoms with Crippen LogP contribution in [0, 0.1) is 5.92 Å². The largest absolute Gasteiger partial charge is 0.343 e. The van der Waals surface area contributed by atoms with Gasteiger partial charge in [-0.3, -0.25) is 9.59 Å². The van der Waals surface area contributed by atoms with Crippen LogP contribution in [0.5, 0.6) is 0 Å². The van der Waals surface area contributed by atoms with Crippen LogP contribution in [-0.2, 0) is 9.59 Å². The quantitative estimate of drug-likeness (QED) is 0.802. The Morgan fingerprint density at radius 1 is 1.35 bits per heavy atom. The lowest BCUT2D eigenvalue weighted by atomic mass is 9.84. The van der Waals surface area contributed by atoms with Gasteiger partial charge in [0.2, 0.25) is 11.8 Å². The van der Waals surface area contributed by atoms with Gasteiger partial charge in [-0.15, -0.1) is 0 Å². The van der Waals surface area contributed by atoms with Crippen LogP contribution in [0.3, 0.4) is 0 Å². The Bertz CT molecular complexity index is 313. The minimum absolute atomic E-state index is 0.0262. The summed E-state index contributed by atoms with van der Waals surface area (Å²) >= 11 is 0. The average molecular weight is 238 g/mol. The molecule has 0 aromatic heterocycles. The third kappa shape index (κ3) is 2.45. The molecule has 2 rings (SSSR count). The van der Waals surface area contributed by atoms with E-state index in [1.54, 1.807) is 6.92 Å². The second-order valence-corrected chi connectivity index (χ2v) is 5.32. The van der Waals surface area contributed by atoms with Gasteiger partial charge in [-0.25, -0.2) is 0 Å². The summed E-state index contributed by atoms with van der Waals surface area (Å²) in [6, 6.07) is -0.583. The van der Waals surface area contributed by atoms with E-state index in [0.29, 0.717) is 5.92 Å². The van der Waals surface area contributed by atoms with Crippen LogP contribution in [0.4, 0.5) is 0 Å². The van der Waals surface area contributed by atoms with Gasteiger partial charge in [-0.2, -0.15) is 0 Å². The van der Waals surface area contributed by atoms with Crippen LogP contribution in [0.1, 0.15) is 46.0 Å². The summed E-state index contributed by atoms with van der Waals surface area (Å²) in [6.45, 7) is 4.61. The van der Waals surface area contributed by atoms with E-state index in [9.17, 15) is 9.59 Å². The molecule has 2 aliphatic rings. The van der Waals surface area contributed by atoms with Crippen molar-refractivity contribution in [1.82, 2.24) is 10.2 Å². The normalized spacial score (nSPS) is 30.1. The third-order valence-corrected chi connectivity index (χ3v) is 3.93.